The van der Waals surface area contributed by atoms with Gasteiger partial charge in [-0.3, -0.25) is 0 Å². The number of halogens is 1. The van der Waals surface area contributed by atoms with Gasteiger partial charge in [-0.05, 0) is 43.8 Å². The van der Waals surface area contributed by atoms with Crippen LogP contribution >= 0.6 is 0 Å². The van der Waals surface area contributed by atoms with E-state index in [1.807, 2.05) is 12.1 Å². The number of allylic oxidation sites excluding steroid dienone is 1. The van der Waals surface area contributed by atoms with Gasteiger partial charge in [0.2, 0.25) is 0 Å². The largest absolute Gasteiger partial charge is 0.303 e. The summed E-state index contributed by atoms with van der Waals surface area (Å²) in [5.41, 5.74) is 2.27. The Kier molecular flexibility index (Phi) is 4.50. The first-order chi connectivity index (χ1) is 7.13. The zero-order valence-electron chi connectivity index (χ0n) is 9.63. The highest BCUT2D eigenvalue weighted by molar-refractivity contribution is 5.63. The Hall–Kier alpha value is -1.15. The lowest BCUT2D eigenvalue weighted by molar-refractivity contribution is 0.392. The molecule has 1 aromatic carbocycles. The van der Waals surface area contributed by atoms with Gasteiger partial charge in [-0.1, -0.05) is 25.1 Å². The van der Waals surface area contributed by atoms with Gasteiger partial charge in [0.05, 0.1) is 0 Å². The van der Waals surface area contributed by atoms with Crippen LogP contribution in [0.25, 0.3) is 5.57 Å². The number of hydrogen-bond acceptors (Lipinski definition) is 1. The number of rotatable bonds is 4. The molecule has 1 aromatic rings. The van der Waals surface area contributed by atoms with E-state index in [-0.39, 0.29) is 5.82 Å². The third-order valence-electron chi connectivity index (χ3n) is 2.55. The molecule has 0 fully saturated rings. The second-order valence-corrected chi connectivity index (χ2v) is 3.75. The maximum Gasteiger partial charge on any atom is 0.123 e. The van der Waals surface area contributed by atoms with Crippen molar-refractivity contribution in [1.82, 2.24) is 4.90 Å². The standard InChI is InChI=1S/C13H18FN/c1-4-15(3)10-9-11(2)12-5-7-13(14)8-6-12/h5-9H,4,10H2,1-3H3/b11-9+. The maximum absolute atomic E-state index is 12.7. The summed E-state index contributed by atoms with van der Waals surface area (Å²) < 4.78 is 12.7. The Balaban J connectivity index is 2.67. The van der Waals surface area contributed by atoms with Gasteiger partial charge in [-0.25, -0.2) is 4.39 Å². The van der Waals surface area contributed by atoms with Gasteiger partial charge < -0.3 is 4.90 Å². The van der Waals surface area contributed by atoms with E-state index in [0.717, 1.165) is 18.7 Å². The summed E-state index contributed by atoms with van der Waals surface area (Å²) >= 11 is 0. The molecule has 0 aliphatic carbocycles. The first-order valence-electron chi connectivity index (χ1n) is 5.24. The van der Waals surface area contributed by atoms with Crippen molar-refractivity contribution in [1.29, 1.82) is 0 Å². The van der Waals surface area contributed by atoms with E-state index in [1.165, 1.54) is 17.7 Å². The fraction of sp³-hybridized carbons (Fsp3) is 0.385. The smallest absolute Gasteiger partial charge is 0.123 e. The first kappa shape index (κ1) is 11.9. The molecular formula is C13H18FN. The van der Waals surface area contributed by atoms with E-state index in [1.54, 1.807) is 0 Å². The summed E-state index contributed by atoms with van der Waals surface area (Å²) in [7, 11) is 2.08. The topological polar surface area (TPSA) is 3.24 Å². The van der Waals surface area contributed by atoms with Crippen LogP contribution in [0.5, 0.6) is 0 Å². The van der Waals surface area contributed by atoms with Crippen LogP contribution in [0, 0.1) is 5.82 Å². The van der Waals surface area contributed by atoms with Crippen LogP contribution in [0.4, 0.5) is 4.39 Å². The van der Waals surface area contributed by atoms with Crippen LogP contribution in [0.2, 0.25) is 0 Å². The van der Waals surface area contributed by atoms with E-state index in [0.29, 0.717) is 0 Å². The minimum atomic E-state index is -0.183. The molecule has 0 spiro atoms. The van der Waals surface area contributed by atoms with Crippen molar-refractivity contribution in [3.63, 3.8) is 0 Å². The first-order valence-corrected chi connectivity index (χ1v) is 5.24. The molecule has 0 saturated carbocycles. The Morgan fingerprint density at radius 2 is 1.93 bits per heavy atom. The van der Waals surface area contributed by atoms with Crippen LogP contribution in [-0.4, -0.2) is 25.0 Å². The number of benzene rings is 1. The highest BCUT2D eigenvalue weighted by Crippen LogP contribution is 2.13. The lowest BCUT2D eigenvalue weighted by Gasteiger charge is -2.11. The predicted molar refractivity (Wildman–Crippen MR) is 63.2 cm³/mol. The lowest BCUT2D eigenvalue weighted by atomic mass is 10.1. The molecule has 82 valence electrons. The molecule has 0 aromatic heterocycles. The van der Waals surface area contributed by atoms with E-state index in [2.05, 4.69) is 31.9 Å². The van der Waals surface area contributed by atoms with Crippen molar-refractivity contribution >= 4 is 5.57 Å². The molecule has 1 rings (SSSR count). The van der Waals surface area contributed by atoms with Crippen molar-refractivity contribution in [2.45, 2.75) is 13.8 Å². The van der Waals surface area contributed by atoms with E-state index in [4.69, 9.17) is 0 Å². The second kappa shape index (κ2) is 5.66. The zero-order valence-corrected chi connectivity index (χ0v) is 9.63. The summed E-state index contributed by atoms with van der Waals surface area (Å²) in [4.78, 5) is 2.22. The average molecular weight is 207 g/mol. The van der Waals surface area contributed by atoms with Crippen molar-refractivity contribution in [3.05, 3.63) is 41.7 Å². The van der Waals surface area contributed by atoms with Crippen molar-refractivity contribution in [2.24, 2.45) is 0 Å². The normalized spacial score (nSPS) is 12.2. The lowest BCUT2D eigenvalue weighted by Crippen LogP contribution is -2.17. The van der Waals surface area contributed by atoms with Crippen LogP contribution in [0.1, 0.15) is 19.4 Å². The fourth-order valence-corrected chi connectivity index (χ4v) is 1.25. The molecule has 0 unspecified atom stereocenters. The predicted octanol–water partition coefficient (Wildman–Crippen LogP) is 3.18. The molecule has 0 aliphatic rings. The number of likely N-dealkylation sites (N-methyl/N-ethyl adjacent to an activating group) is 1. The molecule has 15 heavy (non-hydrogen) atoms. The van der Waals surface area contributed by atoms with Gasteiger partial charge in [-0.15, -0.1) is 0 Å². The van der Waals surface area contributed by atoms with Crippen LogP contribution in [0.3, 0.4) is 0 Å². The SMILES string of the molecule is CCN(C)C/C=C(\C)c1ccc(F)cc1. The highest BCUT2D eigenvalue weighted by Gasteiger charge is 1.97. The minimum absolute atomic E-state index is 0.183. The zero-order chi connectivity index (χ0) is 11.3. The monoisotopic (exact) mass is 207 g/mol. The highest BCUT2D eigenvalue weighted by atomic mass is 19.1. The number of hydrogen-bond donors (Lipinski definition) is 0. The molecule has 0 atom stereocenters. The number of nitrogens with zero attached hydrogens (tertiary/aromatic N) is 1. The van der Waals surface area contributed by atoms with E-state index in [9.17, 15) is 4.39 Å². The van der Waals surface area contributed by atoms with Crippen LogP contribution in [0.15, 0.2) is 30.3 Å². The Morgan fingerprint density at radius 3 is 2.47 bits per heavy atom. The molecule has 1 nitrogen and oxygen atoms in total. The second-order valence-electron chi connectivity index (χ2n) is 3.75. The van der Waals surface area contributed by atoms with Gasteiger partial charge >= 0.3 is 0 Å². The summed E-state index contributed by atoms with van der Waals surface area (Å²) in [6.45, 7) is 6.14. The van der Waals surface area contributed by atoms with Crippen molar-refractivity contribution < 1.29 is 4.39 Å². The van der Waals surface area contributed by atoms with Gasteiger partial charge in [-0.2, -0.15) is 0 Å². The molecule has 0 aliphatic heterocycles. The molecular weight excluding hydrogens is 189 g/mol. The summed E-state index contributed by atoms with van der Waals surface area (Å²) in [6.07, 6.45) is 2.16. The quantitative estimate of drug-likeness (QED) is 0.733. The molecule has 0 amide bonds. The Bertz CT molecular complexity index is 327. The molecule has 0 bridgehead atoms. The van der Waals surface area contributed by atoms with Crippen molar-refractivity contribution in [3.8, 4) is 0 Å². The fourth-order valence-electron chi connectivity index (χ4n) is 1.25. The minimum Gasteiger partial charge on any atom is -0.303 e. The van der Waals surface area contributed by atoms with Gasteiger partial charge in [0.15, 0.2) is 0 Å². The summed E-state index contributed by atoms with van der Waals surface area (Å²) in [5.74, 6) is -0.183. The Morgan fingerprint density at radius 1 is 1.33 bits per heavy atom. The molecule has 0 heterocycles. The van der Waals surface area contributed by atoms with Crippen LogP contribution in [-0.2, 0) is 0 Å². The van der Waals surface area contributed by atoms with E-state index >= 15 is 0 Å². The molecule has 0 saturated heterocycles. The van der Waals surface area contributed by atoms with Crippen molar-refractivity contribution in [2.75, 3.05) is 20.1 Å². The maximum atomic E-state index is 12.7. The van der Waals surface area contributed by atoms with Gasteiger partial charge in [0.25, 0.3) is 0 Å². The summed E-state index contributed by atoms with van der Waals surface area (Å²) in [5, 5.41) is 0. The molecule has 0 radical (unpaired) electrons. The third-order valence-corrected chi connectivity index (χ3v) is 2.55. The van der Waals surface area contributed by atoms with Gasteiger partial charge in [0.1, 0.15) is 5.82 Å². The van der Waals surface area contributed by atoms with Gasteiger partial charge in [0, 0.05) is 6.54 Å². The summed E-state index contributed by atoms with van der Waals surface area (Å²) in [6, 6.07) is 6.62. The third kappa shape index (κ3) is 3.84. The molecule has 0 N–H and O–H groups in total. The average Bonchev–Trinajstić information content (AvgIpc) is 2.26. The van der Waals surface area contributed by atoms with E-state index < -0.39 is 0 Å². The van der Waals surface area contributed by atoms with Crippen LogP contribution < -0.4 is 0 Å². The molecule has 2 heteroatoms. The Labute approximate surface area is 91.2 Å².